The van der Waals surface area contributed by atoms with Crippen LogP contribution in [0.3, 0.4) is 0 Å². The predicted octanol–water partition coefficient (Wildman–Crippen LogP) is 1.64. The average Bonchev–Trinajstić information content (AvgIpc) is 2.96. The summed E-state index contributed by atoms with van der Waals surface area (Å²) in [5.74, 6) is 0.424. The highest BCUT2D eigenvalue weighted by Gasteiger charge is 2.39. The van der Waals surface area contributed by atoms with E-state index in [1.165, 1.54) is 4.90 Å². The summed E-state index contributed by atoms with van der Waals surface area (Å²) in [6, 6.07) is 3.47. The summed E-state index contributed by atoms with van der Waals surface area (Å²) in [4.78, 5) is 19.4. The number of pyridine rings is 1. The summed E-state index contributed by atoms with van der Waals surface area (Å²) in [6.45, 7) is 1.54. The molecule has 3 heterocycles. The Morgan fingerprint density at radius 3 is 2.77 bits per heavy atom. The van der Waals surface area contributed by atoms with Gasteiger partial charge in [0.2, 0.25) is 5.88 Å². The molecule has 1 N–H and O–H groups in total. The molecule has 2 aromatic heterocycles. The molecule has 0 saturated carbocycles. The molecule has 0 aromatic carbocycles. The summed E-state index contributed by atoms with van der Waals surface area (Å²) in [5, 5.41) is 5.35. The van der Waals surface area contributed by atoms with Gasteiger partial charge in [-0.15, -0.1) is 0 Å². The highest BCUT2D eigenvalue weighted by atomic mass is 19.4. The van der Waals surface area contributed by atoms with Crippen molar-refractivity contribution in [3.8, 4) is 5.88 Å². The fourth-order valence-corrected chi connectivity index (χ4v) is 2.72. The molecule has 0 radical (unpaired) electrons. The number of likely N-dealkylation sites (N-methyl/N-ethyl adjacent to an activating group) is 1. The second kappa shape index (κ2) is 6.94. The number of hydrogen-bond acceptors (Lipinski definition) is 6. The topological polar surface area (TPSA) is 74.3 Å². The monoisotopic (exact) mass is 369 g/mol. The third-order valence-corrected chi connectivity index (χ3v) is 3.99. The fraction of sp³-hybridized carbons (Fsp3) is 0.438. The lowest BCUT2D eigenvalue weighted by Crippen LogP contribution is -2.28. The van der Waals surface area contributed by atoms with Crippen LogP contribution < -0.4 is 15.2 Å². The van der Waals surface area contributed by atoms with Gasteiger partial charge >= 0.3 is 6.18 Å². The van der Waals surface area contributed by atoms with Crippen LogP contribution in [0.2, 0.25) is 0 Å². The van der Waals surface area contributed by atoms with Gasteiger partial charge in [0.15, 0.2) is 0 Å². The maximum absolute atomic E-state index is 13.2. The number of nitrogens with zero attached hydrogens (tertiary/aromatic N) is 4. The molecule has 0 bridgehead atoms. The van der Waals surface area contributed by atoms with Crippen molar-refractivity contribution in [1.82, 2.24) is 20.1 Å². The number of fused-ring (bicyclic) bond motifs is 1. The quantitative estimate of drug-likeness (QED) is 0.864. The Morgan fingerprint density at radius 2 is 2.08 bits per heavy atom. The highest BCUT2D eigenvalue weighted by Crippen LogP contribution is 2.36. The summed E-state index contributed by atoms with van der Waals surface area (Å²) in [6.07, 6.45) is -3.75. The van der Waals surface area contributed by atoms with E-state index in [0.717, 1.165) is 18.3 Å². The van der Waals surface area contributed by atoms with E-state index in [0.29, 0.717) is 18.2 Å². The first-order valence-corrected chi connectivity index (χ1v) is 7.92. The highest BCUT2D eigenvalue weighted by molar-refractivity contribution is 5.55. The van der Waals surface area contributed by atoms with Crippen molar-refractivity contribution in [1.29, 1.82) is 0 Å². The molecule has 0 spiro atoms. The molecule has 0 amide bonds. The molecule has 0 fully saturated rings. The van der Waals surface area contributed by atoms with Crippen LogP contribution in [0.1, 0.15) is 16.8 Å². The number of halogens is 3. The van der Waals surface area contributed by atoms with Gasteiger partial charge in [-0.3, -0.25) is 4.79 Å². The molecule has 26 heavy (non-hydrogen) atoms. The molecule has 7 nitrogen and oxygen atoms in total. The number of aromatic amines is 1. The lowest BCUT2D eigenvalue weighted by molar-refractivity contribution is -0.138. The van der Waals surface area contributed by atoms with Crippen molar-refractivity contribution in [3.63, 3.8) is 0 Å². The van der Waals surface area contributed by atoms with Crippen molar-refractivity contribution < 1.29 is 17.9 Å². The molecule has 140 valence electrons. The van der Waals surface area contributed by atoms with Gasteiger partial charge in [0, 0.05) is 19.2 Å². The van der Waals surface area contributed by atoms with Crippen LogP contribution >= 0.6 is 0 Å². The number of hydrogen-bond donors (Lipinski definition) is 1. The summed E-state index contributed by atoms with van der Waals surface area (Å²) in [5.41, 5.74) is -1.34. The van der Waals surface area contributed by atoms with E-state index in [2.05, 4.69) is 10.1 Å². The predicted molar refractivity (Wildman–Crippen MR) is 88.0 cm³/mol. The molecule has 0 saturated heterocycles. The van der Waals surface area contributed by atoms with Crippen LogP contribution in [-0.4, -0.2) is 47.3 Å². The summed E-state index contributed by atoms with van der Waals surface area (Å²) in [7, 11) is 3.84. The third-order valence-electron chi connectivity index (χ3n) is 3.99. The van der Waals surface area contributed by atoms with E-state index in [1.807, 2.05) is 24.1 Å². The Kier molecular flexibility index (Phi) is 4.86. The van der Waals surface area contributed by atoms with Crippen LogP contribution in [-0.2, 0) is 19.3 Å². The number of alkyl halides is 3. The second-order valence-corrected chi connectivity index (χ2v) is 6.22. The number of H-pyrrole nitrogens is 1. The lowest BCUT2D eigenvalue weighted by atomic mass is 10.2. The number of aromatic nitrogens is 3. The lowest BCUT2D eigenvalue weighted by Gasteiger charge is -2.20. The first-order chi connectivity index (χ1) is 12.3. The largest absolute Gasteiger partial charge is 0.476 e. The number of nitrogens with one attached hydrogen (secondary N) is 1. The van der Waals surface area contributed by atoms with Crippen LogP contribution in [0.15, 0.2) is 23.1 Å². The minimum Gasteiger partial charge on any atom is -0.476 e. The minimum atomic E-state index is -4.77. The van der Waals surface area contributed by atoms with Crippen molar-refractivity contribution in [2.24, 2.45) is 0 Å². The van der Waals surface area contributed by atoms with Gasteiger partial charge in [-0.25, -0.2) is 10.1 Å². The Hall–Kier alpha value is -2.62. The zero-order chi connectivity index (χ0) is 18.9. The normalized spacial score (nSPS) is 14.0. The molecule has 1 aliphatic rings. The molecule has 0 atom stereocenters. The van der Waals surface area contributed by atoms with Crippen LogP contribution in [0.5, 0.6) is 5.88 Å². The molecular weight excluding hydrogens is 351 g/mol. The molecule has 10 heteroatoms. The van der Waals surface area contributed by atoms with E-state index >= 15 is 0 Å². The maximum atomic E-state index is 13.2. The first kappa shape index (κ1) is 18.2. The smallest absolute Gasteiger partial charge is 0.423 e. The Bertz CT molecular complexity index is 851. The second-order valence-electron chi connectivity index (χ2n) is 6.22. The first-order valence-electron chi connectivity index (χ1n) is 7.92. The van der Waals surface area contributed by atoms with Gasteiger partial charge in [0.05, 0.1) is 24.1 Å². The number of rotatable bonds is 5. The van der Waals surface area contributed by atoms with E-state index in [1.54, 1.807) is 12.1 Å². The Morgan fingerprint density at radius 1 is 1.31 bits per heavy atom. The molecule has 2 aromatic rings. The SMILES string of the molecule is CN(C)CCOc1ccc2c(n1)CN(c1cn[nH]c(=O)c1C(F)(F)F)C2. The van der Waals surface area contributed by atoms with E-state index in [9.17, 15) is 18.0 Å². The van der Waals surface area contributed by atoms with E-state index in [-0.39, 0.29) is 18.8 Å². The van der Waals surface area contributed by atoms with Crippen molar-refractivity contribution in [2.75, 3.05) is 32.1 Å². The van der Waals surface area contributed by atoms with Gasteiger partial charge in [-0.2, -0.15) is 18.3 Å². The van der Waals surface area contributed by atoms with E-state index in [4.69, 9.17) is 4.74 Å². The van der Waals surface area contributed by atoms with Gasteiger partial charge in [-0.1, -0.05) is 0 Å². The molecule has 0 aliphatic carbocycles. The molecular formula is C16H18F3N5O2. The van der Waals surface area contributed by atoms with Crippen molar-refractivity contribution in [2.45, 2.75) is 19.3 Å². The van der Waals surface area contributed by atoms with Crippen LogP contribution in [0.4, 0.5) is 18.9 Å². The molecule has 3 rings (SSSR count). The van der Waals surface area contributed by atoms with Gasteiger partial charge in [0.25, 0.3) is 5.56 Å². The zero-order valence-electron chi connectivity index (χ0n) is 14.3. The molecule has 0 unspecified atom stereocenters. The van der Waals surface area contributed by atoms with E-state index < -0.39 is 17.3 Å². The third kappa shape index (κ3) is 3.79. The number of anilines is 1. The number of ether oxygens (including phenoxy) is 1. The standard InChI is InChI=1S/C16H18F3N5O2/c1-23(2)5-6-26-13-4-3-10-8-24(9-11(10)21-13)12-7-20-22-15(25)14(12)16(17,18)19/h3-4,7H,5-6,8-9H2,1-2H3,(H,22,25). The average molecular weight is 369 g/mol. The zero-order valence-corrected chi connectivity index (χ0v) is 14.3. The van der Waals surface area contributed by atoms with Gasteiger partial charge < -0.3 is 14.5 Å². The van der Waals surface area contributed by atoms with Gasteiger partial charge in [0.1, 0.15) is 12.2 Å². The Labute approximate surface area is 147 Å². The van der Waals surface area contributed by atoms with Crippen LogP contribution in [0, 0.1) is 0 Å². The maximum Gasteiger partial charge on any atom is 0.423 e. The minimum absolute atomic E-state index is 0.147. The summed E-state index contributed by atoms with van der Waals surface area (Å²) >= 11 is 0. The molecule has 1 aliphatic heterocycles. The van der Waals surface area contributed by atoms with Crippen molar-refractivity contribution >= 4 is 5.69 Å². The summed E-state index contributed by atoms with van der Waals surface area (Å²) < 4.78 is 45.3. The Balaban J connectivity index is 1.81. The van der Waals surface area contributed by atoms with Crippen LogP contribution in [0.25, 0.3) is 0 Å². The van der Waals surface area contributed by atoms with Crippen molar-refractivity contribution in [3.05, 3.63) is 45.5 Å². The fourth-order valence-electron chi connectivity index (χ4n) is 2.72. The van der Waals surface area contributed by atoms with Gasteiger partial charge in [-0.05, 0) is 25.7 Å².